The number of hydrogen-bond donors (Lipinski definition) is 1. The molecule has 0 saturated heterocycles. The molecule has 2 rings (SSSR count). The monoisotopic (exact) mass is 287 g/mol. The van der Waals surface area contributed by atoms with Crippen LogP contribution in [-0.2, 0) is 11.2 Å². The molecular formula is C15H20F3NO. The molecule has 0 aromatic heterocycles. The summed E-state index contributed by atoms with van der Waals surface area (Å²) >= 11 is 0. The molecule has 1 unspecified atom stereocenters. The van der Waals surface area contributed by atoms with Crippen molar-refractivity contribution in [3.05, 3.63) is 35.4 Å². The minimum absolute atomic E-state index is 0.0911. The van der Waals surface area contributed by atoms with Crippen LogP contribution in [-0.4, -0.2) is 32.5 Å². The number of aryl methyl sites for hydroxylation is 1. The molecule has 0 bridgehead atoms. The molecule has 0 radical (unpaired) electrons. The quantitative estimate of drug-likeness (QED) is 0.811. The first-order chi connectivity index (χ1) is 9.56. The largest absolute Gasteiger partial charge is 0.411 e. The molecule has 0 saturated carbocycles. The van der Waals surface area contributed by atoms with Crippen molar-refractivity contribution >= 4 is 0 Å². The lowest BCUT2D eigenvalue weighted by atomic mass is 9.83. The van der Waals surface area contributed by atoms with E-state index in [9.17, 15) is 13.2 Å². The second-order valence-corrected chi connectivity index (χ2v) is 5.16. The molecule has 1 aromatic carbocycles. The zero-order valence-corrected chi connectivity index (χ0v) is 11.4. The number of ether oxygens (including phenoxy) is 1. The van der Waals surface area contributed by atoms with Gasteiger partial charge < -0.3 is 10.1 Å². The van der Waals surface area contributed by atoms with E-state index in [1.54, 1.807) is 0 Å². The Morgan fingerprint density at radius 3 is 2.85 bits per heavy atom. The Morgan fingerprint density at radius 2 is 2.05 bits per heavy atom. The van der Waals surface area contributed by atoms with E-state index in [1.165, 1.54) is 17.5 Å². The number of nitrogens with one attached hydrogen (secondary N) is 1. The topological polar surface area (TPSA) is 21.3 Å². The van der Waals surface area contributed by atoms with Gasteiger partial charge in [-0.2, -0.15) is 13.2 Å². The maximum absolute atomic E-state index is 11.9. The Hall–Kier alpha value is -1.07. The minimum Gasteiger partial charge on any atom is -0.371 e. The molecule has 0 aliphatic heterocycles. The standard InChI is InChI=1S/C15H20F3NO/c16-15(17,18)11-20-9-8-19-10-13-6-3-5-12-4-1-2-7-14(12)13/h1-2,4,7,13,19H,3,5-6,8-11H2. The molecule has 0 amide bonds. The highest BCUT2D eigenvalue weighted by atomic mass is 19.4. The highest BCUT2D eigenvalue weighted by molar-refractivity contribution is 5.32. The van der Waals surface area contributed by atoms with Crippen LogP contribution in [0, 0.1) is 0 Å². The Bertz CT molecular complexity index is 420. The summed E-state index contributed by atoms with van der Waals surface area (Å²) in [5.74, 6) is 0.461. The normalized spacial score (nSPS) is 18.9. The first-order valence-corrected chi connectivity index (χ1v) is 6.99. The number of hydrogen-bond acceptors (Lipinski definition) is 2. The second kappa shape index (κ2) is 7.09. The highest BCUT2D eigenvalue weighted by Crippen LogP contribution is 2.30. The lowest BCUT2D eigenvalue weighted by molar-refractivity contribution is -0.173. The van der Waals surface area contributed by atoms with Crippen molar-refractivity contribution in [2.75, 3.05) is 26.3 Å². The van der Waals surface area contributed by atoms with E-state index < -0.39 is 12.8 Å². The molecule has 1 atom stereocenters. The predicted octanol–water partition coefficient (Wildman–Crippen LogP) is 3.28. The Balaban J connectivity index is 1.68. The van der Waals surface area contributed by atoms with Crippen LogP contribution >= 0.6 is 0 Å². The molecule has 1 N–H and O–H groups in total. The first-order valence-electron chi connectivity index (χ1n) is 6.99. The third-order valence-electron chi connectivity index (χ3n) is 3.57. The second-order valence-electron chi connectivity index (χ2n) is 5.16. The molecule has 5 heteroatoms. The molecule has 2 nitrogen and oxygen atoms in total. The lowest BCUT2D eigenvalue weighted by Crippen LogP contribution is -2.28. The van der Waals surface area contributed by atoms with Gasteiger partial charge in [-0.25, -0.2) is 0 Å². The fourth-order valence-electron chi connectivity index (χ4n) is 2.68. The number of alkyl halides is 3. The average molecular weight is 287 g/mol. The van der Waals surface area contributed by atoms with E-state index in [4.69, 9.17) is 0 Å². The zero-order chi connectivity index (χ0) is 14.4. The summed E-state index contributed by atoms with van der Waals surface area (Å²) in [5, 5.41) is 3.19. The minimum atomic E-state index is -4.23. The molecule has 0 fully saturated rings. The van der Waals surface area contributed by atoms with Gasteiger partial charge in [0.25, 0.3) is 0 Å². The first kappa shape index (κ1) is 15.3. The molecule has 1 aliphatic carbocycles. The van der Waals surface area contributed by atoms with Gasteiger partial charge in [-0.3, -0.25) is 0 Å². The van der Waals surface area contributed by atoms with Gasteiger partial charge in [-0.1, -0.05) is 24.3 Å². The highest BCUT2D eigenvalue weighted by Gasteiger charge is 2.27. The van der Waals surface area contributed by atoms with Crippen molar-refractivity contribution in [2.24, 2.45) is 0 Å². The van der Waals surface area contributed by atoms with E-state index in [1.807, 2.05) is 6.07 Å². The van der Waals surface area contributed by atoms with Crippen molar-refractivity contribution in [3.63, 3.8) is 0 Å². The summed E-state index contributed by atoms with van der Waals surface area (Å²) in [6, 6.07) is 8.41. The maximum Gasteiger partial charge on any atom is 0.411 e. The maximum atomic E-state index is 11.9. The zero-order valence-electron chi connectivity index (χ0n) is 11.4. The van der Waals surface area contributed by atoms with Gasteiger partial charge in [0.2, 0.25) is 0 Å². The van der Waals surface area contributed by atoms with E-state index in [-0.39, 0.29) is 6.61 Å². The third-order valence-corrected chi connectivity index (χ3v) is 3.57. The van der Waals surface area contributed by atoms with E-state index in [2.05, 4.69) is 28.3 Å². The van der Waals surface area contributed by atoms with Crippen LogP contribution in [0.1, 0.15) is 29.9 Å². The van der Waals surface area contributed by atoms with Crippen LogP contribution in [0.25, 0.3) is 0 Å². The van der Waals surface area contributed by atoms with Crippen LogP contribution in [0.3, 0.4) is 0 Å². The van der Waals surface area contributed by atoms with Gasteiger partial charge in [0, 0.05) is 13.1 Å². The van der Waals surface area contributed by atoms with Crippen LogP contribution in [0.5, 0.6) is 0 Å². The summed E-state index contributed by atoms with van der Waals surface area (Å²) in [6.45, 7) is 0.177. The van der Waals surface area contributed by atoms with Crippen molar-refractivity contribution in [2.45, 2.75) is 31.4 Å². The predicted molar refractivity (Wildman–Crippen MR) is 71.9 cm³/mol. The number of rotatable bonds is 6. The molecule has 1 aromatic rings. The van der Waals surface area contributed by atoms with Crippen molar-refractivity contribution in [3.8, 4) is 0 Å². The molecule has 20 heavy (non-hydrogen) atoms. The SMILES string of the molecule is FC(F)(F)COCCNCC1CCCc2ccccc21. The molecule has 0 heterocycles. The van der Waals surface area contributed by atoms with Gasteiger partial charge >= 0.3 is 6.18 Å². The fourth-order valence-corrected chi connectivity index (χ4v) is 2.68. The van der Waals surface area contributed by atoms with Gasteiger partial charge in [0.05, 0.1) is 6.61 Å². The molecular weight excluding hydrogens is 267 g/mol. The Kier molecular flexibility index (Phi) is 5.43. The summed E-state index contributed by atoms with van der Waals surface area (Å²) < 4.78 is 40.2. The lowest BCUT2D eigenvalue weighted by Gasteiger charge is -2.25. The van der Waals surface area contributed by atoms with E-state index in [0.717, 1.165) is 19.4 Å². The fraction of sp³-hybridized carbons (Fsp3) is 0.600. The number of halogens is 3. The summed E-state index contributed by atoms with van der Waals surface area (Å²) in [5.41, 5.74) is 2.78. The molecule has 0 spiro atoms. The van der Waals surface area contributed by atoms with Gasteiger partial charge in [0.15, 0.2) is 0 Å². The number of benzene rings is 1. The van der Waals surface area contributed by atoms with Crippen molar-refractivity contribution < 1.29 is 17.9 Å². The Morgan fingerprint density at radius 1 is 1.25 bits per heavy atom. The van der Waals surface area contributed by atoms with Crippen LogP contribution < -0.4 is 5.32 Å². The Labute approximate surface area is 117 Å². The van der Waals surface area contributed by atoms with Crippen molar-refractivity contribution in [1.29, 1.82) is 0 Å². The van der Waals surface area contributed by atoms with Crippen LogP contribution in [0.4, 0.5) is 13.2 Å². The molecule has 112 valence electrons. The third kappa shape index (κ3) is 4.80. The number of fused-ring (bicyclic) bond motifs is 1. The summed E-state index contributed by atoms with van der Waals surface area (Å²) in [4.78, 5) is 0. The van der Waals surface area contributed by atoms with Crippen molar-refractivity contribution in [1.82, 2.24) is 5.32 Å². The summed E-state index contributed by atoms with van der Waals surface area (Å²) in [7, 11) is 0. The smallest absolute Gasteiger partial charge is 0.371 e. The van der Waals surface area contributed by atoms with Gasteiger partial charge in [-0.05, 0) is 36.3 Å². The van der Waals surface area contributed by atoms with Crippen LogP contribution in [0.15, 0.2) is 24.3 Å². The van der Waals surface area contributed by atoms with Crippen LogP contribution in [0.2, 0.25) is 0 Å². The van der Waals surface area contributed by atoms with E-state index >= 15 is 0 Å². The molecule has 1 aliphatic rings. The average Bonchev–Trinajstić information content (AvgIpc) is 2.41. The van der Waals surface area contributed by atoms with E-state index in [0.29, 0.717) is 12.5 Å². The summed E-state index contributed by atoms with van der Waals surface area (Å²) in [6.07, 6.45) is -0.801. The van der Waals surface area contributed by atoms with Gasteiger partial charge in [-0.15, -0.1) is 0 Å². The van der Waals surface area contributed by atoms with Gasteiger partial charge in [0.1, 0.15) is 6.61 Å².